The van der Waals surface area contributed by atoms with Gasteiger partial charge in [0.25, 0.3) is 5.91 Å². The van der Waals surface area contributed by atoms with E-state index < -0.39 is 11.9 Å². The molecule has 1 aromatic heterocycles. The van der Waals surface area contributed by atoms with Gasteiger partial charge in [0, 0.05) is 12.4 Å². The van der Waals surface area contributed by atoms with E-state index in [-0.39, 0.29) is 12.2 Å². The number of hydrogen-bond acceptors (Lipinski definition) is 6. The van der Waals surface area contributed by atoms with Gasteiger partial charge in [0.1, 0.15) is 18.0 Å². The number of hydrogen-bond donors (Lipinski definition) is 2. The molecule has 2 aromatic rings. The van der Waals surface area contributed by atoms with Gasteiger partial charge < -0.3 is 20.1 Å². The Labute approximate surface area is 131 Å². The largest absolute Gasteiger partial charge is 0.495 e. The molecule has 2 rings (SSSR count). The molecule has 0 radical (unpaired) electrons. The zero-order valence-corrected chi connectivity index (χ0v) is 12.9. The van der Waals surface area contributed by atoms with Gasteiger partial charge in [-0.2, -0.15) is 0 Å². The monoisotopic (exact) mass is 321 g/mol. The Morgan fingerprint density at radius 2 is 2.14 bits per heavy atom. The minimum Gasteiger partial charge on any atom is -0.495 e. The van der Waals surface area contributed by atoms with E-state index in [0.29, 0.717) is 10.9 Å². The number of aromatic nitrogens is 1. The van der Waals surface area contributed by atoms with Crippen LogP contribution in [0.5, 0.6) is 5.75 Å². The molecule has 0 aliphatic rings. The Morgan fingerprint density at radius 3 is 2.82 bits per heavy atom. The van der Waals surface area contributed by atoms with Crippen LogP contribution >= 0.6 is 11.3 Å². The minimum atomic E-state index is -1.07. The molecular formula is C14H15N3O4S. The fourth-order valence-corrected chi connectivity index (χ4v) is 2.46. The molecule has 0 aliphatic heterocycles. The number of amides is 1. The molecule has 1 amide bonds. The maximum Gasteiger partial charge on any atom is 0.323 e. The number of likely N-dealkylation sites (N-methyl/N-ethyl adjacent to an activating group) is 1. The van der Waals surface area contributed by atoms with Crippen molar-refractivity contribution >= 4 is 34.0 Å². The van der Waals surface area contributed by atoms with Crippen LogP contribution in [-0.2, 0) is 4.79 Å². The lowest BCUT2D eigenvalue weighted by Gasteiger charge is -2.12. The summed E-state index contributed by atoms with van der Waals surface area (Å²) in [5, 5.41) is 13.9. The predicted molar refractivity (Wildman–Crippen MR) is 83.0 cm³/mol. The third-order valence-electron chi connectivity index (χ3n) is 2.79. The van der Waals surface area contributed by atoms with Gasteiger partial charge in [-0.3, -0.25) is 9.59 Å². The van der Waals surface area contributed by atoms with Crippen molar-refractivity contribution in [2.24, 2.45) is 0 Å². The first-order valence-electron chi connectivity index (χ1n) is 6.34. The van der Waals surface area contributed by atoms with Crippen molar-refractivity contribution in [1.82, 2.24) is 9.88 Å². The molecule has 0 aliphatic carbocycles. The van der Waals surface area contributed by atoms with E-state index in [1.807, 2.05) is 24.3 Å². The molecule has 7 nitrogen and oxygen atoms in total. The maximum atomic E-state index is 12.0. The second kappa shape index (κ2) is 6.90. The van der Waals surface area contributed by atoms with Crippen LogP contribution in [0.2, 0.25) is 0 Å². The highest BCUT2D eigenvalue weighted by molar-refractivity contribution is 7.14. The molecule has 1 heterocycles. The summed E-state index contributed by atoms with van der Waals surface area (Å²) in [6.07, 6.45) is 0. The third kappa shape index (κ3) is 3.73. The predicted octanol–water partition coefficient (Wildman–Crippen LogP) is 2.05. The average Bonchev–Trinajstić information content (AvgIpc) is 2.94. The average molecular weight is 321 g/mol. The molecule has 0 saturated heterocycles. The Morgan fingerprint density at radius 1 is 1.41 bits per heavy atom. The second-order valence-corrected chi connectivity index (χ2v) is 5.28. The van der Waals surface area contributed by atoms with E-state index in [0.717, 1.165) is 10.6 Å². The van der Waals surface area contributed by atoms with Crippen LogP contribution in [0.1, 0.15) is 10.5 Å². The molecule has 0 bridgehead atoms. The Kier molecular flexibility index (Phi) is 4.95. The van der Waals surface area contributed by atoms with Crippen LogP contribution in [0, 0.1) is 0 Å². The van der Waals surface area contributed by atoms with Gasteiger partial charge in [-0.05, 0) is 12.1 Å². The number of methoxy groups -OCH3 is 1. The molecule has 0 atom stereocenters. The van der Waals surface area contributed by atoms with Gasteiger partial charge in [0.15, 0.2) is 5.13 Å². The molecule has 116 valence electrons. The standard InChI is InChI=1S/C14H15N3O4S/c1-17(7-12(18)19)13(20)10-8-22-14(16-10)15-9-5-3-4-6-11(9)21-2/h3-6,8H,7H2,1-2H3,(H,15,16)(H,18,19). The number of carboxylic acids is 1. The lowest BCUT2D eigenvalue weighted by molar-refractivity contribution is -0.137. The molecule has 1 aromatic carbocycles. The highest BCUT2D eigenvalue weighted by Gasteiger charge is 2.17. The van der Waals surface area contributed by atoms with Crippen LogP contribution < -0.4 is 10.1 Å². The summed E-state index contributed by atoms with van der Waals surface area (Å²) in [7, 11) is 2.99. The number of rotatable bonds is 6. The summed E-state index contributed by atoms with van der Waals surface area (Å²) in [6.45, 7) is -0.369. The summed E-state index contributed by atoms with van der Waals surface area (Å²) in [5.41, 5.74) is 0.934. The van der Waals surface area contributed by atoms with E-state index in [2.05, 4.69) is 10.3 Å². The van der Waals surface area contributed by atoms with Gasteiger partial charge in [-0.15, -0.1) is 11.3 Å². The number of carbonyl (C=O) groups is 2. The van der Waals surface area contributed by atoms with E-state index in [1.54, 1.807) is 12.5 Å². The molecule has 0 unspecified atom stereocenters. The first-order valence-corrected chi connectivity index (χ1v) is 7.22. The third-order valence-corrected chi connectivity index (χ3v) is 3.55. The van der Waals surface area contributed by atoms with Gasteiger partial charge in [0.2, 0.25) is 0 Å². The fraction of sp³-hybridized carbons (Fsp3) is 0.214. The maximum absolute atomic E-state index is 12.0. The number of carbonyl (C=O) groups excluding carboxylic acids is 1. The molecule has 0 saturated carbocycles. The van der Waals surface area contributed by atoms with Crippen molar-refractivity contribution in [2.75, 3.05) is 26.0 Å². The smallest absolute Gasteiger partial charge is 0.323 e. The number of thiazole rings is 1. The zero-order chi connectivity index (χ0) is 16.1. The zero-order valence-electron chi connectivity index (χ0n) is 12.1. The van der Waals surface area contributed by atoms with E-state index in [1.165, 1.54) is 18.4 Å². The van der Waals surface area contributed by atoms with E-state index in [9.17, 15) is 9.59 Å². The van der Waals surface area contributed by atoms with Gasteiger partial charge in [0.05, 0.1) is 12.8 Å². The fourth-order valence-electron chi connectivity index (χ4n) is 1.76. The molecule has 22 heavy (non-hydrogen) atoms. The minimum absolute atomic E-state index is 0.200. The van der Waals surface area contributed by atoms with Crippen molar-refractivity contribution < 1.29 is 19.4 Å². The number of nitrogens with zero attached hydrogens (tertiary/aromatic N) is 2. The molecule has 2 N–H and O–H groups in total. The number of aliphatic carboxylic acids is 1. The first-order chi connectivity index (χ1) is 10.5. The quantitative estimate of drug-likeness (QED) is 0.846. The van der Waals surface area contributed by atoms with Crippen LogP contribution in [0.4, 0.5) is 10.8 Å². The Bertz CT molecular complexity index is 686. The van der Waals surface area contributed by atoms with Crippen LogP contribution in [-0.4, -0.2) is 47.6 Å². The number of carboxylic acid groups (broad SMARTS) is 1. The second-order valence-electron chi connectivity index (χ2n) is 4.42. The van der Waals surface area contributed by atoms with Crippen molar-refractivity contribution in [3.05, 3.63) is 35.3 Å². The number of benzene rings is 1. The molecule has 8 heteroatoms. The summed E-state index contributed by atoms with van der Waals surface area (Å²) in [6, 6.07) is 7.34. The number of nitrogens with one attached hydrogen (secondary N) is 1. The van der Waals surface area contributed by atoms with Crippen molar-refractivity contribution in [2.45, 2.75) is 0 Å². The van der Waals surface area contributed by atoms with Gasteiger partial charge in [-0.1, -0.05) is 12.1 Å². The van der Waals surface area contributed by atoms with Crippen molar-refractivity contribution in [3.8, 4) is 5.75 Å². The normalized spacial score (nSPS) is 10.1. The molecule has 0 spiro atoms. The lowest BCUT2D eigenvalue weighted by atomic mass is 10.3. The Balaban J connectivity index is 2.11. The van der Waals surface area contributed by atoms with Gasteiger partial charge >= 0.3 is 5.97 Å². The summed E-state index contributed by atoms with van der Waals surface area (Å²) in [5.74, 6) is -0.848. The van der Waals surface area contributed by atoms with E-state index in [4.69, 9.17) is 9.84 Å². The summed E-state index contributed by atoms with van der Waals surface area (Å²) < 4.78 is 5.23. The molecule has 0 fully saturated rings. The summed E-state index contributed by atoms with van der Waals surface area (Å²) in [4.78, 5) is 27.9. The van der Waals surface area contributed by atoms with E-state index >= 15 is 0 Å². The number of anilines is 2. The first kappa shape index (κ1) is 15.8. The highest BCUT2D eigenvalue weighted by atomic mass is 32.1. The molecular weight excluding hydrogens is 306 g/mol. The van der Waals surface area contributed by atoms with Crippen molar-refractivity contribution in [1.29, 1.82) is 0 Å². The Hall–Kier alpha value is -2.61. The van der Waals surface area contributed by atoms with Crippen LogP contribution in [0.15, 0.2) is 29.6 Å². The topological polar surface area (TPSA) is 91.8 Å². The SMILES string of the molecule is COc1ccccc1Nc1nc(C(=O)N(C)CC(=O)O)cs1. The number of para-hydroxylation sites is 2. The van der Waals surface area contributed by atoms with Gasteiger partial charge in [-0.25, -0.2) is 4.98 Å². The lowest BCUT2D eigenvalue weighted by Crippen LogP contribution is -2.32. The van der Waals surface area contributed by atoms with Crippen LogP contribution in [0.25, 0.3) is 0 Å². The van der Waals surface area contributed by atoms with Crippen LogP contribution in [0.3, 0.4) is 0 Å². The summed E-state index contributed by atoms with van der Waals surface area (Å²) >= 11 is 1.26. The van der Waals surface area contributed by atoms with Crippen molar-refractivity contribution in [3.63, 3.8) is 0 Å². The highest BCUT2D eigenvalue weighted by Crippen LogP contribution is 2.28. The number of ether oxygens (including phenoxy) is 1.